The van der Waals surface area contributed by atoms with Crippen LogP contribution in [0.1, 0.15) is 6.92 Å². The Morgan fingerprint density at radius 2 is 1.65 bits per heavy atom. The van der Waals surface area contributed by atoms with Crippen LogP contribution in [0.5, 0.6) is 0 Å². The van der Waals surface area contributed by atoms with Gasteiger partial charge in [-0.3, -0.25) is 0 Å². The first kappa shape index (κ1) is 12.9. The molecule has 0 unspecified atom stereocenters. The van der Waals surface area contributed by atoms with E-state index in [-0.39, 0.29) is 0 Å². The topological polar surface area (TPSA) is 69.9 Å². The first-order valence-electron chi connectivity index (χ1n) is 5.51. The van der Waals surface area contributed by atoms with Gasteiger partial charge in [-0.1, -0.05) is 30.0 Å². The number of hydrogen-bond donors (Lipinski definition) is 3. The van der Waals surface area contributed by atoms with Crippen LogP contribution in [-0.4, -0.2) is 45.2 Å². The average Bonchev–Trinajstić information content (AvgIpc) is 2.35. The van der Waals surface area contributed by atoms with Crippen LogP contribution in [-0.2, 0) is 4.74 Å². The smallest absolute Gasteiger partial charge is 0.136 e. The number of hydrogen-bond acceptors (Lipinski definition) is 5. The molecule has 94 valence electrons. The second-order valence-electron chi connectivity index (χ2n) is 4.11. The van der Waals surface area contributed by atoms with Gasteiger partial charge < -0.3 is 20.1 Å². The highest BCUT2D eigenvalue weighted by Gasteiger charge is 2.42. The maximum atomic E-state index is 9.83. The molecule has 0 amide bonds. The lowest BCUT2D eigenvalue weighted by molar-refractivity contribution is -0.192. The highest BCUT2D eigenvalue weighted by atomic mass is 32.2. The number of rotatable bonds is 2. The summed E-state index contributed by atoms with van der Waals surface area (Å²) in [5, 5.41) is 29.1. The fraction of sp³-hybridized carbons (Fsp3) is 0.500. The maximum Gasteiger partial charge on any atom is 0.136 e. The molecule has 5 atom stereocenters. The Hall–Kier alpha value is -0.590. The molecule has 1 fully saturated rings. The van der Waals surface area contributed by atoms with Crippen LogP contribution in [0.25, 0.3) is 0 Å². The molecule has 1 aromatic carbocycles. The molecule has 0 saturated carbocycles. The molecule has 3 N–H and O–H groups in total. The zero-order valence-corrected chi connectivity index (χ0v) is 10.2. The van der Waals surface area contributed by atoms with Crippen molar-refractivity contribution in [2.24, 2.45) is 0 Å². The number of aliphatic hydroxyl groups is 3. The normalized spacial score (nSPS) is 38.0. The highest BCUT2D eigenvalue weighted by molar-refractivity contribution is 7.99. The molecule has 1 heterocycles. The Kier molecular flexibility index (Phi) is 4.06. The van der Waals surface area contributed by atoms with Crippen molar-refractivity contribution in [3.63, 3.8) is 0 Å². The minimum Gasteiger partial charge on any atom is -0.388 e. The summed E-state index contributed by atoms with van der Waals surface area (Å²) in [5.74, 6) is 0. The van der Waals surface area contributed by atoms with Crippen molar-refractivity contribution in [2.75, 3.05) is 0 Å². The Morgan fingerprint density at radius 3 is 2.29 bits per heavy atom. The lowest BCUT2D eigenvalue weighted by Gasteiger charge is -2.38. The largest absolute Gasteiger partial charge is 0.388 e. The number of aliphatic hydroxyl groups excluding tert-OH is 3. The lowest BCUT2D eigenvalue weighted by Crippen LogP contribution is -2.55. The Bertz CT molecular complexity index is 359. The molecule has 1 aromatic rings. The van der Waals surface area contributed by atoms with E-state index in [2.05, 4.69) is 0 Å². The van der Waals surface area contributed by atoms with E-state index in [4.69, 9.17) is 4.74 Å². The van der Waals surface area contributed by atoms with Crippen LogP contribution in [0.3, 0.4) is 0 Å². The van der Waals surface area contributed by atoms with Gasteiger partial charge in [0.05, 0.1) is 6.10 Å². The van der Waals surface area contributed by atoms with Crippen molar-refractivity contribution in [2.45, 2.75) is 41.7 Å². The van der Waals surface area contributed by atoms with E-state index in [9.17, 15) is 15.3 Å². The van der Waals surface area contributed by atoms with Gasteiger partial charge in [0.25, 0.3) is 0 Å². The summed E-state index contributed by atoms with van der Waals surface area (Å²) in [6.07, 6.45) is -3.79. The molecule has 1 aliphatic heterocycles. The predicted octanol–water partition coefficient (Wildman–Crippen LogP) is 0.606. The Morgan fingerprint density at radius 1 is 1.00 bits per heavy atom. The van der Waals surface area contributed by atoms with Gasteiger partial charge in [-0.05, 0) is 19.1 Å². The van der Waals surface area contributed by atoms with E-state index in [1.165, 1.54) is 11.8 Å². The van der Waals surface area contributed by atoms with Crippen LogP contribution >= 0.6 is 11.8 Å². The van der Waals surface area contributed by atoms with Crippen molar-refractivity contribution in [3.05, 3.63) is 30.3 Å². The third-order valence-corrected chi connectivity index (χ3v) is 3.97. The quantitative estimate of drug-likeness (QED) is 0.723. The summed E-state index contributed by atoms with van der Waals surface area (Å²) in [6.45, 7) is 1.68. The SMILES string of the molecule is C[C@@H]1O[C@H](Sc2ccccc2)[C@H](O)[C@H](O)[C@H]1O. The van der Waals surface area contributed by atoms with Gasteiger partial charge in [0.15, 0.2) is 0 Å². The highest BCUT2D eigenvalue weighted by Crippen LogP contribution is 2.32. The molecular formula is C12H16O4S. The van der Waals surface area contributed by atoms with Gasteiger partial charge in [0, 0.05) is 4.90 Å². The van der Waals surface area contributed by atoms with Crippen molar-refractivity contribution >= 4 is 11.8 Å². The summed E-state index contributed by atoms with van der Waals surface area (Å²) < 4.78 is 5.49. The van der Waals surface area contributed by atoms with Gasteiger partial charge in [-0.2, -0.15) is 0 Å². The van der Waals surface area contributed by atoms with Gasteiger partial charge in [0.1, 0.15) is 23.7 Å². The zero-order chi connectivity index (χ0) is 12.4. The predicted molar refractivity (Wildman–Crippen MR) is 64.7 cm³/mol. The molecule has 5 heteroatoms. The first-order valence-corrected chi connectivity index (χ1v) is 6.39. The Balaban J connectivity index is 2.06. The summed E-state index contributed by atoms with van der Waals surface area (Å²) in [6, 6.07) is 9.51. The average molecular weight is 256 g/mol. The van der Waals surface area contributed by atoms with Gasteiger partial charge in [-0.25, -0.2) is 0 Å². The lowest BCUT2D eigenvalue weighted by atomic mass is 10.0. The minimum absolute atomic E-state index is 0.491. The van der Waals surface area contributed by atoms with Gasteiger partial charge in [0.2, 0.25) is 0 Å². The second-order valence-corrected chi connectivity index (χ2v) is 5.28. The third-order valence-electron chi connectivity index (χ3n) is 2.80. The van der Waals surface area contributed by atoms with Gasteiger partial charge >= 0.3 is 0 Å². The monoisotopic (exact) mass is 256 g/mol. The van der Waals surface area contributed by atoms with E-state index < -0.39 is 29.9 Å². The summed E-state index contributed by atoms with van der Waals surface area (Å²) in [5.41, 5.74) is -0.564. The maximum absolute atomic E-state index is 9.83. The molecule has 0 spiro atoms. The minimum atomic E-state index is -1.17. The number of benzene rings is 1. The first-order chi connectivity index (χ1) is 8.09. The van der Waals surface area contributed by atoms with Crippen molar-refractivity contribution in [1.82, 2.24) is 0 Å². The van der Waals surface area contributed by atoms with E-state index in [0.717, 1.165) is 4.90 Å². The van der Waals surface area contributed by atoms with Crippen molar-refractivity contribution in [3.8, 4) is 0 Å². The molecule has 2 rings (SSSR count). The number of ether oxygens (including phenoxy) is 1. The molecule has 0 aliphatic carbocycles. The van der Waals surface area contributed by atoms with Crippen LogP contribution in [0.4, 0.5) is 0 Å². The molecule has 0 bridgehead atoms. The fourth-order valence-corrected chi connectivity index (χ4v) is 2.86. The summed E-state index contributed by atoms with van der Waals surface area (Å²) >= 11 is 1.34. The van der Waals surface area contributed by atoms with Crippen LogP contribution in [0.15, 0.2) is 35.2 Å². The summed E-state index contributed by atoms with van der Waals surface area (Å²) in [4.78, 5) is 0.951. The van der Waals surface area contributed by atoms with E-state index >= 15 is 0 Å². The molecule has 1 saturated heterocycles. The van der Waals surface area contributed by atoms with Crippen molar-refractivity contribution < 1.29 is 20.1 Å². The van der Waals surface area contributed by atoms with Crippen LogP contribution < -0.4 is 0 Å². The molecule has 0 radical (unpaired) electrons. The third kappa shape index (κ3) is 2.81. The van der Waals surface area contributed by atoms with E-state index in [1.54, 1.807) is 6.92 Å². The van der Waals surface area contributed by atoms with Crippen LogP contribution in [0, 0.1) is 0 Å². The standard InChI is InChI=1S/C12H16O4S/c1-7-9(13)10(14)11(15)12(16-7)17-8-5-3-2-4-6-8/h2-7,9-15H,1H3/t7-,9-,10+,11+,12+/m0/s1. The number of thioether (sulfide) groups is 1. The molecule has 1 aliphatic rings. The summed E-state index contributed by atoms with van der Waals surface area (Å²) in [7, 11) is 0. The molecule has 4 nitrogen and oxygen atoms in total. The molecule has 17 heavy (non-hydrogen) atoms. The van der Waals surface area contributed by atoms with E-state index in [0.29, 0.717) is 0 Å². The van der Waals surface area contributed by atoms with Crippen molar-refractivity contribution in [1.29, 1.82) is 0 Å². The fourth-order valence-electron chi connectivity index (χ4n) is 1.74. The molecular weight excluding hydrogens is 240 g/mol. The zero-order valence-electron chi connectivity index (χ0n) is 9.43. The Labute approximate surface area is 104 Å². The van der Waals surface area contributed by atoms with Gasteiger partial charge in [-0.15, -0.1) is 0 Å². The molecule has 0 aromatic heterocycles. The van der Waals surface area contributed by atoms with E-state index in [1.807, 2.05) is 30.3 Å². The van der Waals surface area contributed by atoms with Crippen LogP contribution in [0.2, 0.25) is 0 Å². The second kappa shape index (κ2) is 5.37.